The largest absolute Gasteiger partial charge is 0.454 e. The summed E-state index contributed by atoms with van der Waals surface area (Å²) in [6.07, 6.45) is 1.46. The lowest BCUT2D eigenvalue weighted by molar-refractivity contribution is -0.384. The molecule has 0 spiro atoms. The van der Waals surface area contributed by atoms with Crippen molar-refractivity contribution in [2.45, 2.75) is 18.0 Å². The highest BCUT2D eigenvalue weighted by molar-refractivity contribution is 8.76. The fraction of sp³-hybridized carbons (Fsp3) is 0.214. The summed E-state index contributed by atoms with van der Waals surface area (Å²) in [4.78, 5) is 54.5. The molecule has 2 aromatic heterocycles. The van der Waals surface area contributed by atoms with Crippen LogP contribution in [-0.4, -0.2) is 52.0 Å². The number of benzene rings is 2. The Balaban J connectivity index is 1.18. The summed E-state index contributed by atoms with van der Waals surface area (Å²) in [6, 6.07) is 12.8. The maximum Gasteiger partial charge on any atom is 0.407 e. The molecule has 0 fully saturated rings. The van der Waals surface area contributed by atoms with Gasteiger partial charge in [-0.05, 0) is 47.5 Å². The minimum atomic E-state index is -0.586. The standard InChI is InChI=1S/C28H22N4O8S2/c33-26-19-14-22-21(39-15-40-22)13-18(19)25-24(26)17-6-5-16(32(36)37)12-20(17)27(34)31(25)9-3-8-30-28(35)38-10-11-41-42-23-4-1-2-7-29-23/h1-2,4-7,12-14H,3,8-11,15H2,(H,30,35). The number of aromatic nitrogens is 2. The van der Waals surface area contributed by atoms with E-state index in [1.165, 1.54) is 44.4 Å². The zero-order chi connectivity index (χ0) is 29.2. The molecule has 1 N–H and O–H groups in total. The van der Waals surface area contributed by atoms with Gasteiger partial charge in [0.2, 0.25) is 6.79 Å². The van der Waals surface area contributed by atoms with E-state index in [0.717, 1.165) is 5.03 Å². The Hall–Kier alpha value is -4.56. The Morgan fingerprint density at radius 3 is 2.67 bits per heavy atom. The number of non-ortho nitro benzene ring substituents is 1. The zero-order valence-corrected chi connectivity index (χ0v) is 23.5. The average molecular weight is 607 g/mol. The average Bonchev–Trinajstić information content (AvgIpc) is 3.57. The van der Waals surface area contributed by atoms with Crippen LogP contribution in [0.5, 0.6) is 11.5 Å². The quantitative estimate of drug-likeness (QED) is 0.101. The Kier molecular flexibility index (Phi) is 7.71. The maximum absolute atomic E-state index is 13.7. The van der Waals surface area contributed by atoms with Crippen LogP contribution in [0.1, 0.15) is 22.3 Å². The van der Waals surface area contributed by atoms with Crippen LogP contribution in [0.25, 0.3) is 22.0 Å². The fourth-order valence-electron chi connectivity index (χ4n) is 4.88. The molecule has 0 saturated carbocycles. The Morgan fingerprint density at radius 1 is 1.10 bits per heavy atom. The lowest BCUT2D eigenvalue weighted by Crippen LogP contribution is -2.29. The minimum Gasteiger partial charge on any atom is -0.454 e. The van der Waals surface area contributed by atoms with Crippen molar-refractivity contribution in [3.8, 4) is 22.8 Å². The molecule has 2 aliphatic rings. The van der Waals surface area contributed by atoms with Crippen molar-refractivity contribution in [3.63, 3.8) is 0 Å². The minimum absolute atomic E-state index is 0.0248. The van der Waals surface area contributed by atoms with Crippen molar-refractivity contribution in [2.24, 2.45) is 0 Å². The van der Waals surface area contributed by atoms with Crippen molar-refractivity contribution >= 4 is 49.9 Å². The van der Waals surface area contributed by atoms with Crippen molar-refractivity contribution in [1.29, 1.82) is 0 Å². The predicted octanol–water partition coefficient (Wildman–Crippen LogP) is 4.80. The molecular weight excluding hydrogens is 584 g/mol. The highest BCUT2D eigenvalue weighted by Crippen LogP contribution is 2.46. The maximum atomic E-state index is 13.7. The summed E-state index contributed by atoms with van der Waals surface area (Å²) in [5, 5.41) is 15.4. The third kappa shape index (κ3) is 5.25. The second-order valence-corrected chi connectivity index (χ2v) is 11.7. The molecule has 1 aliphatic heterocycles. The number of hydrogen-bond donors (Lipinski definition) is 1. The molecule has 6 rings (SSSR count). The number of pyridine rings is 2. The van der Waals surface area contributed by atoms with Gasteiger partial charge in [-0.3, -0.25) is 19.7 Å². The number of alkyl carbamates (subject to hydrolysis) is 1. The second-order valence-electron chi connectivity index (χ2n) is 9.24. The molecule has 14 heteroatoms. The molecular formula is C28H22N4O8S2. The van der Waals surface area contributed by atoms with Crippen LogP contribution >= 0.6 is 21.6 Å². The molecule has 0 unspecified atom stereocenters. The molecule has 0 radical (unpaired) electrons. The monoisotopic (exact) mass is 606 g/mol. The first-order valence-corrected chi connectivity index (χ1v) is 15.2. The summed E-state index contributed by atoms with van der Waals surface area (Å²) in [5.41, 5.74) is 0.835. The van der Waals surface area contributed by atoms with Crippen molar-refractivity contribution < 1.29 is 28.7 Å². The number of nitrogens with zero attached hydrogens (tertiary/aromatic N) is 3. The van der Waals surface area contributed by atoms with Crippen LogP contribution in [0.3, 0.4) is 0 Å². The van der Waals surface area contributed by atoms with Gasteiger partial charge < -0.3 is 24.1 Å². The number of nitrogens with one attached hydrogen (secondary N) is 1. The van der Waals surface area contributed by atoms with Gasteiger partial charge in [0.05, 0.1) is 21.6 Å². The van der Waals surface area contributed by atoms with E-state index in [9.17, 15) is 24.5 Å². The summed E-state index contributed by atoms with van der Waals surface area (Å²) >= 11 is 0. The molecule has 4 aromatic rings. The van der Waals surface area contributed by atoms with Gasteiger partial charge in [0.1, 0.15) is 11.6 Å². The van der Waals surface area contributed by atoms with Gasteiger partial charge in [0.25, 0.3) is 11.2 Å². The number of ketones is 1. The van der Waals surface area contributed by atoms with Crippen LogP contribution in [0.2, 0.25) is 0 Å². The second kappa shape index (κ2) is 11.7. The molecule has 0 atom stereocenters. The number of ether oxygens (including phenoxy) is 3. The lowest BCUT2D eigenvalue weighted by atomic mass is 10.0. The highest BCUT2D eigenvalue weighted by Gasteiger charge is 2.35. The van der Waals surface area contributed by atoms with Gasteiger partial charge in [-0.15, -0.1) is 0 Å². The first-order valence-electron chi connectivity index (χ1n) is 12.9. The molecule has 0 saturated heterocycles. The summed E-state index contributed by atoms with van der Waals surface area (Å²) in [6.45, 7) is 0.571. The van der Waals surface area contributed by atoms with Crippen LogP contribution < -0.4 is 20.3 Å². The molecule has 42 heavy (non-hydrogen) atoms. The highest BCUT2D eigenvalue weighted by atomic mass is 33.1. The molecule has 12 nitrogen and oxygen atoms in total. The Bertz CT molecular complexity index is 1790. The van der Waals surface area contributed by atoms with Gasteiger partial charge in [-0.2, -0.15) is 0 Å². The van der Waals surface area contributed by atoms with Gasteiger partial charge in [0.15, 0.2) is 17.3 Å². The summed E-state index contributed by atoms with van der Waals surface area (Å²) in [5.74, 6) is 1.15. The van der Waals surface area contributed by atoms with Gasteiger partial charge in [-0.1, -0.05) is 16.9 Å². The molecule has 1 aliphatic carbocycles. The lowest BCUT2D eigenvalue weighted by Gasteiger charge is -2.15. The molecule has 3 heterocycles. The van der Waals surface area contributed by atoms with E-state index in [0.29, 0.717) is 45.9 Å². The van der Waals surface area contributed by atoms with E-state index in [1.807, 2.05) is 18.2 Å². The molecule has 0 bridgehead atoms. The van der Waals surface area contributed by atoms with Crippen molar-refractivity contribution in [2.75, 3.05) is 25.7 Å². The summed E-state index contributed by atoms with van der Waals surface area (Å²) < 4.78 is 17.6. The van der Waals surface area contributed by atoms with Gasteiger partial charge >= 0.3 is 6.09 Å². The van der Waals surface area contributed by atoms with E-state index in [1.54, 1.807) is 18.3 Å². The SMILES string of the molecule is O=C(NCCCn1c2c(c3ccc([N+](=O)[O-])cc3c1=O)C(=O)c1cc3c(cc1-2)OCO3)OCCSSc1ccccn1. The number of fused-ring (bicyclic) bond motifs is 6. The number of hydrogen-bond acceptors (Lipinski definition) is 11. The normalized spacial score (nSPS) is 12.7. The van der Waals surface area contributed by atoms with E-state index in [-0.39, 0.29) is 48.9 Å². The van der Waals surface area contributed by atoms with E-state index in [4.69, 9.17) is 14.2 Å². The first kappa shape index (κ1) is 27.6. The van der Waals surface area contributed by atoms with Crippen LogP contribution in [0.15, 0.2) is 64.5 Å². The zero-order valence-electron chi connectivity index (χ0n) is 21.9. The number of amides is 1. The molecule has 1 amide bonds. The number of carbonyl (C=O) groups is 2. The van der Waals surface area contributed by atoms with Crippen LogP contribution in [0.4, 0.5) is 10.5 Å². The Morgan fingerprint density at radius 2 is 1.90 bits per heavy atom. The van der Waals surface area contributed by atoms with Crippen LogP contribution in [-0.2, 0) is 11.3 Å². The smallest absolute Gasteiger partial charge is 0.407 e. The third-order valence-corrected chi connectivity index (χ3v) is 8.94. The van der Waals surface area contributed by atoms with Crippen molar-refractivity contribution in [3.05, 3.63) is 86.3 Å². The first-order chi connectivity index (χ1) is 20.4. The number of nitro groups is 1. The number of rotatable bonds is 10. The topological polar surface area (TPSA) is 152 Å². The predicted molar refractivity (Wildman–Crippen MR) is 156 cm³/mol. The number of carbonyl (C=O) groups excluding carboxylic acids is 2. The molecule has 2 aromatic carbocycles. The number of nitro benzene ring substituents is 1. The van der Waals surface area contributed by atoms with E-state index >= 15 is 0 Å². The molecule has 214 valence electrons. The van der Waals surface area contributed by atoms with E-state index in [2.05, 4.69) is 10.3 Å². The van der Waals surface area contributed by atoms with E-state index < -0.39 is 16.6 Å². The third-order valence-electron chi connectivity index (χ3n) is 6.71. The Labute approximate surface area is 245 Å². The van der Waals surface area contributed by atoms with Gasteiger partial charge in [0, 0.05) is 53.7 Å². The summed E-state index contributed by atoms with van der Waals surface area (Å²) in [7, 11) is 3.01. The van der Waals surface area contributed by atoms with Gasteiger partial charge in [-0.25, -0.2) is 9.78 Å². The van der Waals surface area contributed by atoms with Crippen LogP contribution in [0, 0.1) is 10.1 Å². The fourth-order valence-corrected chi connectivity index (χ4v) is 6.58. The van der Waals surface area contributed by atoms with Crippen molar-refractivity contribution in [1.82, 2.24) is 14.9 Å².